The van der Waals surface area contributed by atoms with E-state index in [-0.39, 0.29) is 0 Å². The first-order valence-corrected chi connectivity index (χ1v) is 7.81. The summed E-state index contributed by atoms with van der Waals surface area (Å²) in [4.78, 5) is 0.313. The lowest BCUT2D eigenvalue weighted by Gasteiger charge is -2.19. The molecule has 0 aliphatic carbocycles. The van der Waals surface area contributed by atoms with Gasteiger partial charge in [-0.05, 0) is 30.7 Å². The smallest absolute Gasteiger partial charge is 0.261 e. The Morgan fingerprint density at radius 1 is 1.05 bits per heavy atom. The Kier molecular flexibility index (Phi) is 2.91. The summed E-state index contributed by atoms with van der Waals surface area (Å²) in [7, 11) is -3.53. The highest BCUT2D eigenvalue weighted by Crippen LogP contribution is 2.37. The molecule has 2 aromatic carbocycles. The number of benzene rings is 2. The summed E-state index contributed by atoms with van der Waals surface area (Å²) in [5, 5.41) is 0. The first-order valence-electron chi connectivity index (χ1n) is 6.37. The summed E-state index contributed by atoms with van der Waals surface area (Å²) in [6.07, 6.45) is 0. The van der Waals surface area contributed by atoms with Crippen LogP contribution >= 0.6 is 0 Å². The lowest BCUT2D eigenvalue weighted by molar-refractivity contribution is 0.593. The SMILES string of the molecule is C=C1CN(S(=O)(=O)c2ccc(C)cc2)c2ccccc21. The van der Waals surface area contributed by atoms with E-state index in [1.807, 2.05) is 43.3 Å². The van der Waals surface area contributed by atoms with Crippen LogP contribution in [0.5, 0.6) is 0 Å². The van der Waals surface area contributed by atoms with Gasteiger partial charge in [0.25, 0.3) is 10.0 Å². The largest absolute Gasteiger partial charge is 0.264 e. The zero-order valence-electron chi connectivity index (χ0n) is 11.2. The Hall–Kier alpha value is -2.07. The van der Waals surface area contributed by atoms with Gasteiger partial charge in [0.1, 0.15) is 0 Å². The first kappa shape index (κ1) is 12.9. The Bertz CT molecular complexity index is 776. The van der Waals surface area contributed by atoms with Gasteiger partial charge >= 0.3 is 0 Å². The van der Waals surface area contributed by atoms with Crippen LogP contribution in [0.1, 0.15) is 11.1 Å². The molecule has 0 saturated heterocycles. The van der Waals surface area contributed by atoms with Gasteiger partial charge in [-0.3, -0.25) is 4.31 Å². The van der Waals surface area contributed by atoms with Crippen molar-refractivity contribution in [1.82, 2.24) is 0 Å². The molecule has 0 aromatic heterocycles. The highest BCUT2D eigenvalue weighted by atomic mass is 32.2. The summed E-state index contributed by atoms with van der Waals surface area (Å²) in [6.45, 7) is 6.21. The topological polar surface area (TPSA) is 37.4 Å². The maximum absolute atomic E-state index is 12.7. The Morgan fingerprint density at radius 2 is 1.70 bits per heavy atom. The van der Waals surface area contributed by atoms with E-state index in [2.05, 4.69) is 6.58 Å². The molecular weight excluding hydrogens is 270 g/mol. The Balaban J connectivity index is 2.10. The molecule has 0 amide bonds. The van der Waals surface area contributed by atoms with Gasteiger partial charge in [-0.2, -0.15) is 0 Å². The van der Waals surface area contributed by atoms with Crippen LogP contribution in [0.3, 0.4) is 0 Å². The van der Waals surface area contributed by atoms with Crippen LogP contribution < -0.4 is 4.31 Å². The highest BCUT2D eigenvalue weighted by molar-refractivity contribution is 7.92. The zero-order valence-corrected chi connectivity index (χ0v) is 12.0. The Labute approximate surface area is 119 Å². The number of nitrogens with zero attached hydrogens (tertiary/aromatic N) is 1. The lowest BCUT2D eigenvalue weighted by atomic mass is 10.1. The predicted molar refractivity (Wildman–Crippen MR) is 81.2 cm³/mol. The van der Waals surface area contributed by atoms with Crippen molar-refractivity contribution in [2.24, 2.45) is 0 Å². The second kappa shape index (κ2) is 4.49. The third-order valence-corrected chi connectivity index (χ3v) is 5.27. The molecule has 102 valence electrons. The molecule has 2 aromatic rings. The van der Waals surface area contributed by atoms with Crippen LogP contribution in [0.4, 0.5) is 5.69 Å². The summed E-state index contributed by atoms with van der Waals surface area (Å²) < 4.78 is 26.9. The number of sulfonamides is 1. The van der Waals surface area contributed by atoms with E-state index in [9.17, 15) is 8.42 Å². The lowest BCUT2D eigenvalue weighted by Crippen LogP contribution is -2.28. The van der Waals surface area contributed by atoms with Crippen molar-refractivity contribution in [2.45, 2.75) is 11.8 Å². The quantitative estimate of drug-likeness (QED) is 0.849. The average molecular weight is 285 g/mol. The second-order valence-electron chi connectivity index (χ2n) is 4.95. The van der Waals surface area contributed by atoms with Crippen molar-refractivity contribution in [3.63, 3.8) is 0 Å². The summed E-state index contributed by atoms with van der Waals surface area (Å²) in [5.74, 6) is 0. The van der Waals surface area contributed by atoms with Crippen molar-refractivity contribution in [3.05, 3.63) is 66.2 Å². The number of para-hydroxylation sites is 1. The molecular formula is C16H15NO2S. The summed E-state index contributed by atoms with van der Waals surface area (Å²) >= 11 is 0. The first-order chi connectivity index (χ1) is 9.50. The van der Waals surface area contributed by atoms with E-state index in [1.165, 1.54) is 4.31 Å². The summed E-state index contributed by atoms with van der Waals surface area (Å²) in [5.41, 5.74) is 3.48. The number of rotatable bonds is 2. The minimum absolute atomic E-state index is 0.313. The standard InChI is InChI=1S/C16H15NO2S/c1-12-7-9-14(10-8-12)20(18,19)17-11-13(2)15-5-3-4-6-16(15)17/h3-10H,2,11H2,1H3. The van der Waals surface area contributed by atoms with Crippen LogP contribution in [0.15, 0.2) is 60.0 Å². The van der Waals surface area contributed by atoms with Crippen LogP contribution in [-0.4, -0.2) is 15.0 Å². The van der Waals surface area contributed by atoms with Gasteiger partial charge in [-0.1, -0.05) is 42.5 Å². The molecule has 20 heavy (non-hydrogen) atoms. The molecule has 3 rings (SSSR count). The molecule has 0 radical (unpaired) electrons. The predicted octanol–water partition coefficient (Wildman–Crippen LogP) is 3.22. The van der Waals surface area contributed by atoms with Gasteiger partial charge in [0.2, 0.25) is 0 Å². The van der Waals surface area contributed by atoms with Gasteiger partial charge in [0, 0.05) is 5.56 Å². The molecule has 0 N–H and O–H groups in total. The van der Waals surface area contributed by atoms with Crippen molar-refractivity contribution < 1.29 is 8.42 Å². The molecule has 3 nitrogen and oxygen atoms in total. The van der Waals surface area contributed by atoms with E-state index in [4.69, 9.17) is 0 Å². The maximum atomic E-state index is 12.7. The average Bonchev–Trinajstić information content (AvgIpc) is 2.78. The molecule has 0 spiro atoms. The molecule has 4 heteroatoms. The van der Waals surface area contributed by atoms with Crippen molar-refractivity contribution >= 4 is 21.3 Å². The monoisotopic (exact) mass is 285 g/mol. The third-order valence-electron chi connectivity index (χ3n) is 3.50. The minimum Gasteiger partial charge on any atom is -0.261 e. The van der Waals surface area contributed by atoms with Crippen LogP contribution in [0, 0.1) is 6.92 Å². The fourth-order valence-electron chi connectivity index (χ4n) is 2.39. The van der Waals surface area contributed by atoms with Gasteiger partial charge < -0.3 is 0 Å². The van der Waals surface area contributed by atoms with E-state index >= 15 is 0 Å². The van der Waals surface area contributed by atoms with Crippen molar-refractivity contribution in [1.29, 1.82) is 0 Å². The molecule has 1 aliphatic rings. The molecule has 0 saturated carbocycles. The molecule has 0 bridgehead atoms. The maximum Gasteiger partial charge on any atom is 0.264 e. The van der Waals surface area contributed by atoms with E-state index in [1.54, 1.807) is 12.1 Å². The van der Waals surface area contributed by atoms with Gasteiger partial charge in [-0.15, -0.1) is 0 Å². The van der Waals surface area contributed by atoms with Crippen LogP contribution in [-0.2, 0) is 10.0 Å². The van der Waals surface area contributed by atoms with Gasteiger partial charge in [-0.25, -0.2) is 8.42 Å². The van der Waals surface area contributed by atoms with E-state index < -0.39 is 10.0 Å². The van der Waals surface area contributed by atoms with Crippen LogP contribution in [0.25, 0.3) is 5.57 Å². The summed E-state index contributed by atoms with van der Waals surface area (Å²) in [6, 6.07) is 14.4. The molecule has 1 aliphatic heterocycles. The van der Waals surface area contributed by atoms with Crippen molar-refractivity contribution in [2.75, 3.05) is 10.8 Å². The molecule has 1 heterocycles. The Morgan fingerprint density at radius 3 is 2.40 bits per heavy atom. The van der Waals surface area contributed by atoms with Gasteiger partial charge in [0.15, 0.2) is 0 Å². The highest BCUT2D eigenvalue weighted by Gasteiger charge is 2.32. The zero-order chi connectivity index (χ0) is 14.3. The number of hydrogen-bond donors (Lipinski definition) is 0. The van der Waals surface area contributed by atoms with Gasteiger partial charge in [0.05, 0.1) is 17.1 Å². The molecule has 0 fully saturated rings. The van der Waals surface area contributed by atoms with Crippen molar-refractivity contribution in [3.8, 4) is 0 Å². The van der Waals surface area contributed by atoms with Crippen LogP contribution in [0.2, 0.25) is 0 Å². The molecule has 0 unspecified atom stereocenters. The van der Waals surface area contributed by atoms with E-state index in [0.717, 1.165) is 16.7 Å². The number of aryl methyl sites for hydroxylation is 1. The second-order valence-corrected chi connectivity index (χ2v) is 6.81. The molecule has 0 atom stereocenters. The number of anilines is 1. The normalized spacial score (nSPS) is 14.4. The fourth-order valence-corrected chi connectivity index (χ4v) is 3.86. The number of fused-ring (bicyclic) bond motifs is 1. The number of hydrogen-bond acceptors (Lipinski definition) is 2. The minimum atomic E-state index is -3.53. The third kappa shape index (κ3) is 1.93. The van der Waals surface area contributed by atoms with E-state index in [0.29, 0.717) is 17.1 Å². The fraction of sp³-hybridized carbons (Fsp3) is 0.125.